The fourth-order valence-electron chi connectivity index (χ4n) is 0.351. The minimum absolute atomic E-state index is 0. The fraction of sp³-hybridized carbons (Fsp3) is 0.714. The van der Waals surface area contributed by atoms with Crippen molar-refractivity contribution in [3.8, 4) is 0 Å². The largest absolute Gasteiger partial charge is 0.300 e. The summed E-state index contributed by atoms with van der Waals surface area (Å²) in [7, 11) is 0. The molecule has 0 aliphatic heterocycles. The third kappa shape index (κ3) is 18.8. The van der Waals surface area contributed by atoms with E-state index < -0.39 is 0 Å². The van der Waals surface area contributed by atoms with Crippen LogP contribution in [0.1, 0.15) is 35.1 Å². The van der Waals surface area contributed by atoms with Crippen LogP contribution in [0.15, 0.2) is 0 Å². The summed E-state index contributed by atoms with van der Waals surface area (Å²) < 4.78 is 0. The van der Waals surface area contributed by atoms with Gasteiger partial charge in [0.15, 0.2) is 0 Å². The van der Waals surface area contributed by atoms with Crippen molar-refractivity contribution in [3.05, 3.63) is 0 Å². The van der Waals surface area contributed by atoms with Gasteiger partial charge in [-0.3, -0.25) is 9.59 Å². The molecular weight excluding hydrogens is 116 g/mol. The number of rotatable bonds is 2. The average Bonchev–Trinajstić information content (AvgIpc) is 1.27. The molecule has 2 nitrogen and oxygen atoms in total. The second-order valence-corrected chi connectivity index (χ2v) is 1.58. The Kier molecular flexibility index (Phi) is 12.9. The summed E-state index contributed by atoms with van der Waals surface area (Å²) in [5, 5.41) is 0. The summed E-state index contributed by atoms with van der Waals surface area (Å²) in [5.74, 6) is -0.125. The summed E-state index contributed by atoms with van der Waals surface area (Å²) in [4.78, 5) is 20.1. The van der Waals surface area contributed by atoms with E-state index in [0.717, 1.165) is 0 Å². The van der Waals surface area contributed by atoms with E-state index in [1.54, 1.807) is 0 Å². The molecule has 9 heavy (non-hydrogen) atoms. The molecule has 56 valence electrons. The van der Waals surface area contributed by atoms with E-state index in [1.807, 2.05) is 0 Å². The van der Waals surface area contributed by atoms with Gasteiger partial charge in [-0.15, -0.1) is 0 Å². The van der Waals surface area contributed by atoms with E-state index in [0.29, 0.717) is 0 Å². The standard InChI is InChI=1S/C5H8O2.2CH4/c1-4(6)3-5(2)7;;/h3H2,1-2H3;2*1H4. The van der Waals surface area contributed by atoms with Crippen molar-refractivity contribution in [1.82, 2.24) is 0 Å². The number of Topliss-reactive ketones (excluding diaryl/α,β-unsaturated/α-hetero) is 2. The predicted octanol–water partition coefficient (Wildman–Crippen LogP) is 1.83. The third-order valence-corrected chi connectivity index (χ3v) is 0.498. The first-order valence-electron chi connectivity index (χ1n) is 2.12. The Hall–Kier alpha value is -0.660. The molecule has 0 fully saturated rings. The molecule has 0 aromatic carbocycles. The predicted molar refractivity (Wildman–Crippen MR) is 39.4 cm³/mol. The lowest BCUT2D eigenvalue weighted by Gasteiger charge is -1.81. The Labute approximate surface area is 57.3 Å². The molecule has 0 spiro atoms. The van der Waals surface area contributed by atoms with E-state index in [-0.39, 0.29) is 32.8 Å². The first-order chi connectivity index (χ1) is 3.13. The SMILES string of the molecule is C.C.CC(=O)CC(C)=O. The molecule has 0 bridgehead atoms. The lowest BCUT2D eigenvalue weighted by atomic mass is 10.2. The molecule has 2 heteroatoms. The van der Waals surface area contributed by atoms with Gasteiger partial charge in [0.2, 0.25) is 0 Å². The topological polar surface area (TPSA) is 34.1 Å². The van der Waals surface area contributed by atoms with Gasteiger partial charge in [-0.2, -0.15) is 0 Å². The Balaban J connectivity index is -0.000000180. The van der Waals surface area contributed by atoms with Gasteiger partial charge in [0.1, 0.15) is 11.6 Å². The molecule has 0 unspecified atom stereocenters. The first kappa shape index (κ1) is 15.8. The van der Waals surface area contributed by atoms with Gasteiger partial charge in [-0.25, -0.2) is 0 Å². The molecule has 0 saturated heterocycles. The minimum Gasteiger partial charge on any atom is -0.300 e. The van der Waals surface area contributed by atoms with Crippen LogP contribution in [0.5, 0.6) is 0 Å². The summed E-state index contributed by atoms with van der Waals surface area (Å²) in [6, 6.07) is 0. The lowest BCUT2D eigenvalue weighted by molar-refractivity contribution is -0.124. The molecule has 0 radical (unpaired) electrons. The normalized spacial score (nSPS) is 6.44. The van der Waals surface area contributed by atoms with Gasteiger partial charge in [-0.05, 0) is 13.8 Å². The van der Waals surface area contributed by atoms with Gasteiger partial charge < -0.3 is 0 Å². The fourth-order valence-corrected chi connectivity index (χ4v) is 0.351. The summed E-state index contributed by atoms with van der Waals surface area (Å²) in [6.45, 7) is 2.81. The van der Waals surface area contributed by atoms with Gasteiger partial charge in [0.25, 0.3) is 0 Å². The number of hydrogen-bond donors (Lipinski definition) is 0. The zero-order chi connectivity index (χ0) is 5.86. The zero-order valence-corrected chi connectivity index (χ0v) is 4.52. The van der Waals surface area contributed by atoms with Gasteiger partial charge in [0.05, 0.1) is 6.42 Å². The monoisotopic (exact) mass is 132 g/mol. The van der Waals surface area contributed by atoms with Crippen molar-refractivity contribution in [3.63, 3.8) is 0 Å². The smallest absolute Gasteiger partial charge is 0.137 e. The van der Waals surface area contributed by atoms with E-state index in [9.17, 15) is 9.59 Å². The second kappa shape index (κ2) is 7.34. The molecule has 0 rings (SSSR count). The lowest BCUT2D eigenvalue weighted by Crippen LogP contribution is -1.97. The Morgan fingerprint density at radius 3 is 1.22 bits per heavy atom. The van der Waals surface area contributed by atoms with Crippen LogP contribution < -0.4 is 0 Å². The van der Waals surface area contributed by atoms with Crippen molar-refractivity contribution < 1.29 is 9.59 Å². The van der Waals surface area contributed by atoms with E-state index >= 15 is 0 Å². The maximum atomic E-state index is 10.0. The van der Waals surface area contributed by atoms with E-state index in [4.69, 9.17) is 0 Å². The van der Waals surface area contributed by atoms with E-state index in [1.165, 1.54) is 13.8 Å². The Morgan fingerprint density at radius 1 is 1.00 bits per heavy atom. The maximum Gasteiger partial charge on any atom is 0.137 e. The van der Waals surface area contributed by atoms with Crippen LogP contribution in [-0.4, -0.2) is 11.6 Å². The summed E-state index contributed by atoms with van der Waals surface area (Å²) >= 11 is 0. The van der Waals surface area contributed by atoms with Gasteiger partial charge in [-0.1, -0.05) is 14.9 Å². The molecule has 0 atom stereocenters. The molecular formula is C7H16O2. The number of carbonyl (C=O) groups excluding carboxylic acids is 2. The third-order valence-electron chi connectivity index (χ3n) is 0.498. The molecule has 0 aliphatic carbocycles. The van der Waals surface area contributed by atoms with Crippen molar-refractivity contribution in [2.24, 2.45) is 0 Å². The minimum atomic E-state index is -0.0625. The number of hydrogen-bond acceptors (Lipinski definition) is 2. The highest BCUT2D eigenvalue weighted by molar-refractivity contribution is 5.96. The van der Waals surface area contributed by atoms with Gasteiger partial charge in [0, 0.05) is 0 Å². The molecule has 0 heterocycles. The van der Waals surface area contributed by atoms with Crippen LogP contribution in [0.2, 0.25) is 0 Å². The van der Waals surface area contributed by atoms with Crippen LogP contribution >= 0.6 is 0 Å². The molecule has 0 aromatic rings. The van der Waals surface area contributed by atoms with Crippen LogP contribution in [0.3, 0.4) is 0 Å². The first-order valence-corrected chi connectivity index (χ1v) is 2.12. The molecule has 0 saturated carbocycles. The highest BCUT2D eigenvalue weighted by Crippen LogP contribution is 1.80. The van der Waals surface area contributed by atoms with Gasteiger partial charge >= 0.3 is 0 Å². The van der Waals surface area contributed by atoms with Crippen molar-refractivity contribution in [1.29, 1.82) is 0 Å². The summed E-state index contributed by atoms with van der Waals surface area (Å²) in [6.07, 6.45) is 0.0833. The Bertz CT molecular complexity index is 83.1. The van der Waals surface area contributed by atoms with Crippen molar-refractivity contribution in [2.45, 2.75) is 35.1 Å². The van der Waals surface area contributed by atoms with Crippen molar-refractivity contribution >= 4 is 11.6 Å². The van der Waals surface area contributed by atoms with Crippen LogP contribution in [0.4, 0.5) is 0 Å². The Morgan fingerprint density at radius 2 is 1.22 bits per heavy atom. The molecule has 0 aliphatic rings. The zero-order valence-electron chi connectivity index (χ0n) is 4.52. The second-order valence-electron chi connectivity index (χ2n) is 1.58. The van der Waals surface area contributed by atoms with Crippen molar-refractivity contribution in [2.75, 3.05) is 0 Å². The van der Waals surface area contributed by atoms with Crippen LogP contribution in [0, 0.1) is 0 Å². The highest BCUT2D eigenvalue weighted by Gasteiger charge is 1.94. The van der Waals surface area contributed by atoms with Crippen LogP contribution in [0.25, 0.3) is 0 Å². The number of carbonyl (C=O) groups is 2. The highest BCUT2D eigenvalue weighted by atomic mass is 16.1. The molecule has 0 N–H and O–H groups in total. The maximum absolute atomic E-state index is 10.0. The summed E-state index contributed by atoms with van der Waals surface area (Å²) in [5.41, 5.74) is 0. The number of ketones is 2. The molecule has 0 amide bonds. The van der Waals surface area contributed by atoms with E-state index in [2.05, 4.69) is 0 Å². The van der Waals surface area contributed by atoms with Crippen LogP contribution in [-0.2, 0) is 9.59 Å². The molecule has 0 aromatic heterocycles. The average molecular weight is 132 g/mol. The quantitative estimate of drug-likeness (QED) is 0.537.